The van der Waals surface area contributed by atoms with Crippen LogP contribution in [0.1, 0.15) is 101 Å². The third kappa shape index (κ3) is 14.0. The van der Waals surface area contributed by atoms with Gasteiger partial charge in [-0.3, -0.25) is 9.69 Å². The summed E-state index contributed by atoms with van der Waals surface area (Å²) < 4.78 is 38.0. The summed E-state index contributed by atoms with van der Waals surface area (Å²) in [4.78, 5) is 31.2. The fraction of sp³-hybridized carbons (Fsp3) is 0.830. The van der Waals surface area contributed by atoms with E-state index in [0.29, 0.717) is 36.6 Å². The van der Waals surface area contributed by atoms with Crippen molar-refractivity contribution in [1.82, 2.24) is 15.1 Å². The normalized spacial score (nSPS) is 41.8. The minimum atomic E-state index is -1.92. The second-order valence-electron chi connectivity index (χ2n) is 20.0. The lowest BCUT2D eigenvalue weighted by Gasteiger charge is -2.48. The minimum absolute atomic E-state index is 0.0974. The molecular weight excluding hydrogens is 864 g/mol. The molecule has 0 aliphatic carbocycles. The molecule has 4 rings (SSSR count). The highest BCUT2D eigenvalue weighted by atomic mass is 35.5. The number of nitrogens with one attached hydrogen (secondary N) is 2. The fourth-order valence-corrected chi connectivity index (χ4v) is 10.2. The highest BCUT2D eigenvalue weighted by Crippen LogP contribution is 2.40. The third-order valence-corrected chi connectivity index (χ3v) is 14.3. The first-order chi connectivity index (χ1) is 30.3. The van der Waals surface area contributed by atoms with Crippen LogP contribution < -0.4 is 10.6 Å². The summed E-state index contributed by atoms with van der Waals surface area (Å²) in [5.74, 6) is -2.90. The molecule has 3 saturated heterocycles. The Labute approximate surface area is 391 Å². The summed E-state index contributed by atoms with van der Waals surface area (Å²) in [6.45, 7) is 18.4. The van der Waals surface area contributed by atoms with Crippen molar-refractivity contribution in [3.8, 4) is 0 Å². The first-order valence-electron chi connectivity index (χ1n) is 23.3. The number of halogens is 1. The molecule has 2 amide bonds. The maximum absolute atomic E-state index is 14.5. The van der Waals surface area contributed by atoms with Crippen molar-refractivity contribution in [1.29, 1.82) is 0 Å². The zero-order valence-electron chi connectivity index (χ0n) is 40.9. The predicted molar refractivity (Wildman–Crippen MR) is 246 cm³/mol. The Morgan fingerprint density at radius 2 is 1.62 bits per heavy atom. The lowest BCUT2D eigenvalue weighted by atomic mass is 9.77. The van der Waals surface area contributed by atoms with E-state index < -0.39 is 102 Å². The number of cyclic esters (lactones) is 1. The van der Waals surface area contributed by atoms with Gasteiger partial charge in [0.25, 0.3) is 0 Å². The number of carbonyl (C=O) groups excluding carboxylic acids is 2. The number of aliphatic hydroxyl groups is 5. The van der Waals surface area contributed by atoms with Gasteiger partial charge in [0.2, 0.25) is 0 Å². The molecule has 18 atom stereocenters. The van der Waals surface area contributed by atoms with Crippen LogP contribution in [0.4, 0.5) is 10.5 Å². The molecule has 0 aromatic heterocycles. The molecule has 3 fully saturated rings. The van der Waals surface area contributed by atoms with Crippen LogP contribution >= 0.6 is 11.6 Å². The van der Waals surface area contributed by atoms with E-state index in [1.165, 1.54) is 14.0 Å². The smallest absolute Gasteiger partial charge is 0.319 e. The monoisotopic (exact) mass is 945 g/mol. The topological polar surface area (TPSA) is 221 Å². The first-order valence-corrected chi connectivity index (χ1v) is 23.7. The Morgan fingerprint density at radius 3 is 2.22 bits per heavy atom. The third-order valence-electron chi connectivity index (χ3n) is 14.0. The molecule has 18 heteroatoms. The maximum atomic E-state index is 14.5. The van der Waals surface area contributed by atoms with Crippen LogP contribution in [0.15, 0.2) is 24.3 Å². The van der Waals surface area contributed by atoms with E-state index >= 15 is 0 Å². The molecule has 1 aromatic carbocycles. The molecule has 65 heavy (non-hydrogen) atoms. The van der Waals surface area contributed by atoms with Gasteiger partial charge in [-0.25, -0.2) is 4.79 Å². The molecular formula is C47H81ClN4O13. The standard InChI is InChI=1S/C47H81ClN4O13/c1-14-35-47(10,59)39(54)30(6)52(21-15-20-49-44(57)50-33-18-16-32(48)17-19-33)25-26(2)23-45(8,58)41(65-43-37(53)34(51(11)12)22-27(3)61-43)28(4)38(29(5)42(56)63-35)64-36-24-46(9,60-13)40(55)31(7)62-36/h16-19,26-31,34-41,43,53-55,58-59H,14-15,20-25H2,1-13H3,(H2,49,50,57)/t26-,27-,28+,29-,30-,31+,34+,35-,36+,37-,38+,39-,40+,41-,43+,45-,46-,47-/m1/s1. The number of rotatable bonds is 12. The van der Waals surface area contributed by atoms with Gasteiger partial charge in [0.1, 0.15) is 30.0 Å². The molecule has 0 saturated carbocycles. The molecule has 3 heterocycles. The van der Waals surface area contributed by atoms with Gasteiger partial charge in [-0.1, -0.05) is 32.4 Å². The number of methoxy groups -OCH3 is 1. The number of likely N-dealkylation sites (N-methyl/N-ethyl adjacent to an activating group) is 1. The van der Waals surface area contributed by atoms with Crippen LogP contribution in [-0.2, 0) is 33.2 Å². The van der Waals surface area contributed by atoms with Gasteiger partial charge >= 0.3 is 12.0 Å². The Bertz CT molecular complexity index is 1660. The first kappa shape index (κ1) is 55.4. The van der Waals surface area contributed by atoms with E-state index in [4.69, 9.17) is 40.0 Å². The number of nitrogens with zero attached hydrogens (tertiary/aromatic N) is 2. The second kappa shape index (κ2) is 23.4. The molecule has 0 unspecified atom stereocenters. The van der Waals surface area contributed by atoms with Crippen LogP contribution in [0.25, 0.3) is 0 Å². The maximum Gasteiger partial charge on any atom is 0.319 e. The fourth-order valence-electron chi connectivity index (χ4n) is 10.1. The number of esters is 1. The van der Waals surface area contributed by atoms with Crippen molar-refractivity contribution < 1.29 is 63.5 Å². The van der Waals surface area contributed by atoms with Crippen molar-refractivity contribution in [3.63, 3.8) is 0 Å². The van der Waals surface area contributed by atoms with E-state index in [0.717, 1.165) is 0 Å². The van der Waals surface area contributed by atoms with Gasteiger partial charge in [-0.15, -0.1) is 0 Å². The summed E-state index contributed by atoms with van der Waals surface area (Å²) in [7, 11) is 5.24. The highest BCUT2D eigenvalue weighted by molar-refractivity contribution is 6.30. The average Bonchev–Trinajstić information content (AvgIpc) is 3.23. The Morgan fingerprint density at radius 1 is 0.969 bits per heavy atom. The number of benzene rings is 1. The Hall–Kier alpha value is -2.23. The van der Waals surface area contributed by atoms with E-state index in [1.54, 1.807) is 72.7 Å². The Kier molecular flexibility index (Phi) is 19.9. The molecule has 3 aliphatic heterocycles. The second-order valence-corrected chi connectivity index (χ2v) is 20.4. The lowest BCUT2D eigenvalue weighted by molar-refractivity contribution is -0.318. The van der Waals surface area contributed by atoms with Crippen LogP contribution in [0.2, 0.25) is 5.02 Å². The van der Waals surface area contributed by atoms with Gasteiger partial charge < -0.3 is 69.5 Å². The number of anilines is 1. The van der Waals surface area contributed by atoms with Gasteiger partial charge in [-0.2, -0.15) is 0 Å². The van der Waals surface area contributed by atoms with Crippen molar-refractivity contribution in [2.45, 2.75) is 192 Å². The summed E-state index contributed by atoms with van der Waals surface area (Å²) in [5.41, 5.74) is -4.07. The van der Waals surface area contributed by atoms with E-state index in [1.807, 2.05) is 37.7 Å². The largest absolute Gasteiger partial charge is 0.459 e. The molecule has 7 N–H and O–H groups in total. The summed E-state index contributed by atoms with van der Waals surface area (Å²) >= 11 is 5.99. The van der Waals surface area contributed by atoms with Gasteiger partial charge in [0.05, 0.1) is 41.5 Å². The number of hydrogen-bond acceptors (Lipinski definition) is 15. The number of carbonyl (C=O) groups is 2. The number of urea groups is 1. The van der Waals surface area contributed by atoms with Crippen molar-refractivity contribution in [3.05, 3.63) is 29.3 Å². The zero-order valence-corrected chi connectivity index (χ0v) is 41.7. The lowest BCUT2D eigenvalue weighted by Crippen LogP contribution is -2.60. The number of hydrogen-bond donors (Lipinski definition) is 7. The minimum Gasteiger partial charge on any atom is -0.459 e. The van der Waals surface area contributed by atoms with Gasteiger partial charge in [-0.05, 0) is 118 Å². The summed E-state index contributed by atoms with van der Waals surface area (Å²) in [5, 5.41) is 66.0. The molecule has 0 bridgehead atoms. The molecule has 374 valence electrons. The summed E-state index contributed by atoms with van der Waals surface area (Å²) in [6.07, 6.45) is -8.61. The van der Waals surface area contributed by atoms with Crippen molar-refractivity contribution in [2.24, 2.45) is 17.8 Å². The van der Waals surface area contributed by atoms with Crippen molar-refractivity contribution >= 4 is 29.3 Å². The summed E-state index contributed by atoms with van der Waals surface area (Å²) in [6, 6.07) is 5.33. The molecule has 0 radical (unpaired) electrons. The molecule has 17 nitrogen and oxygen atoms in total. The predicted octanol–water partition coefficient (Wildman–Crippen LogP) is 4.14. The van der Waals surface area contributed by atoms with Gasteiger partial charge in [0, 0.05) is 61.9 Å². The number of amides is 2. The van der Waals surface area contributed by atoms with Crippen LogP contribution in [0, 0.1) is 17.8 Å². The molecule has 3 aliphatic rings. The van der Waals surface area contributed by atoms with E-state index in [2.05, 4.69) is 10.6 Å². The quantitative estimate of drug-likeness (QED) is 0.116. The number of aliphatic hydroxyl groups excluding tert-OH is 3. The highest BCUT2D eigenvalue weighted by Gasteiger charge is 2.53. The van der Waals surface area contributed by atoms with Crippen molar-refractivity contribution in [2.75, 3.05) is 46.2 Å². The van der Waals surface area contributed by atoms with Crippen LogP contribution in [-0.4, -0.2) is 178 Å². The van der Waals surface area contributed by atoms with E-state index in [-0.39, 0.29) is 43.9 Å². The van der Waals surface area contributed by atoms with Crippen LogP contribution in [0.3, 0.4) is 0 Å². The zero-order chi connectivity index (χ0) is 48.8. The SMILES string of the molecule is CC[C@H]1OC(=O)[C@H](C)[C@@H](O[C@H]2C[C@@](C)(OC)[C@@H](O)[C@H](C)O2)[C@H](C)[C@@H](O[C@@H]2O[C@H](C)C[C@H](N(C)C)[C@H]2O)[C@](C)(O)C[C@@H](C)CN(CCCNC(=O)Nc2ccc(Cl)cc2)[C@H](C)[C@@H](O)[C@]1(C)O. The van der Waals surface area contributed by atoms with Crippen LogP contribution in [0.5, 0.6) is 0 Å². The Balaban J connectivity index is 1.74. The molecule has 0 spiro atoms. The number of ether oxygens (including phenoxy) is 6. The van der Waals surface area contributed by atoms with Gasteiger partial charge in [0.15, 0.2) is 12.6 Å². The molecule has 1 aromatic rings. The average molecular weight is 946 g/mol. The van der Waals surface area contributed by atoms with E-state index in [9.17, 15) is 35.1 Å².